The van der Waals surface area contributed by atoms with Gasteiger partial charge in [0, 0.05) is 30.7 Å². The molecule has 0 bridgehead atoms. The van der Waals surface area contributed by atoms with Crippen molar-refractivity contribution >= 4 is 5.91 Å². The molecule has 0 unspecified atom stereocenters. The van der Waals surface area contributed by atoms with E-state index in [0.29, 0.717) is 13.1 Å². The number of carbonyl (C=O) groups is 1. The fraction of sp³-hybridized carbons (Fsp3) is 0.444. The lowest BCUT2D eigenvalue weighted by Crippen LogP contribution is -2.48. The van der Waals surface area contributed by atoms with Crippen LogP contribution >= 0.6 is 0 Å². The molecule has 5 heteroatoms. The van der Waals surface area contributed by atoms with Gasteiger partial charge in [-0.05, 0) is 45.9 Å². The van der Waals surface area contributed by atoms with Crippen molar-refractivity contribution in [1.29, 1.82) is 0 Å². The number of aryl methyl sites for hydroxylation is 1. The zero-order chi connectivity index (χ0) is 16.6. The summed E-state index contributed by atoms with van der Waals surface area (Å²) in [7, 11) is 0. The first-order valence-electron chi connectivity index (χ1n) is 8.02. The topological polar surface area (TPSA) is 47.4 Å². The maximum Gasteiger partial charge on any atom is 0.255 e. The molecule has 3 heterocycles. The van der Waals surface area contributed by atoms with E-state index in [0.717, 1.165) is 22.8 Å². The number of pyridine rings is 1. The SMILES string of the molecule is Cc1cc(C(=O)N2C[C@@H](C)O[C@H](C)C2)c(C)n1-c1ccccn1. The Morgan fingerprint density at radius 3 is 2.52 bits per heavy atom. The summed E-state index contributed by atoms with van der Waals surface area (Å²) in [4.78, 5) is 19.2. The maximum absolute atomic E-state index is 12.9. The molecule has 0 saturated carbocycles. The molecule has 2 aromatic heterocycles. The Labute approximate surface area is 136 Å². The van der Waals surface area contributed by atoms with Gasteiger partial charge < -0.3 is 14.2 Å². The van der Waals surface area contributed by atoms with Crippen LogP contribution in [0, 0.1) is 13.8 Å². The lowest BCUT2D eigenvalue weighted by atomic mass is 10.1. The van der Waals surface area contributed by atoms with E-state index in [9.17, 15) is 4.79 Å². The molecular formula is C18H23N3O2. The lowest BCUT2D eigenvalue weighted by Gasteiger charge is -2.35. The summed E-state index contributed by atoms with van der Waals surface area (Å²) in [6.45, 7) is 9.26. The number of rotatable bonds is 2. The first-order chi connectivity index (χ1) is 11.0. The van der Waals surface area contributed by atoms with Crippen LogP contribution in [0.15, 0.2) is 30.5 Å². The third kappa shape index (κ3) is 3.01. The summed E-state index contributed by atoms with van der Waals surface area (Å²) in [5.74, 6) is 0.910. The smallest absolute Gasteiger partial charge is 0.255 e. The number of hydrogen-bond donors (Lipinski definition) is 0. The molecule has 1 fully saturated rings. The fourth-order valence-corrected chi connectivity index (χ4v) is 3.33. The van der Waals surface area contributed by atoms with Gasteiger partial charge in [-0.2, -0.15) is 0 Å². The third-order valence-corrected chi connectivity index (χ3v) is 4.25. The minimum absolute atomic E-state index is 0.0713. The van der Waals surface area contributed by atoms with Crippen LogP contribution in [0.1, 0.15) is 35.6 Å². The Morgan fingerprint density at radius 1 is 1.22 bits per heavy atom. The normalized spacial score (nSPS) is 21.5. The molecule has 0 N–H and O–H groups in total. The molecule has 0 radical (unpaired) electrons. The van der Waals surface area contributed by atoms with E-state index in [1.54, 1.807) is 6.20 Å². The van der Waals surface area contributed by atoms with Crippen molar-refractivity contribution < 1.29 is 9.53 Å². The van der Waals surface area contributed by atoms with Gasteiger partial charge in [-0.15, -0.1) is 0 Å². The Morgan fingerprint density at radius 2 is 1.91 bits per heavy atom. The highest BCUT2D eigenvalue weighted by molar-refractivity contribution is 5.96. The van der Waals surface area contributed by atoms with E-state index in [4.69, 9.17) is 4.74 Å². The standard InChI is InChI=1S/C18H23N3O2/c1-12-9-16(15(4)21(12)17-7-5-6-8-19-17)18(22)20-10-13(2)23-14(3)11-20/h5-9,13-14H,10-11H2,1-4H3/t13-,14-/m1/s1. The predicted octanol–water partition coefficient (Wildman–Crippen LogP) is 2.74. The summed E-state index contributed by atoms with van der Waals surface area (Å²) in [5.41, 5.74) is 2.69. The fourth-order valence-electron chi connectivity index (χ4n) is 3.33. The molecule has 1 aliphatic rings. The Balaban J connectivity index is 1.93. The monoisotopic (exact) mass is 313 g/mol. The van der Waals surface area contributed by atoms with Crippen molar-refractivity contribution in [1.82, 2.24) is 14.5 Å². The first kappa shape index (κ1) is 15.7. The number of aromatic nitrogens is 2. The second-order valence-corrected chi connectivity index (χ2v) is 6.28. The molecule has 2 aromatic rings. The van der Waals surface area contributed by atoms with Crippen molar-refractivity contribution in [2.45, 2.75) is 39.9 Å². The molecule has 0 spiro atoms. The van der Waals surface area contributed by atoms with Gasteiger partial charge in [0.05, 0.1) is 17.8 Å². The average molecular weight is 313 g/mol. The van der Waals surface area contributed by atoms with Crippen LogP contribution in [0.5, 0.6) is 0 Å². The summed E-state index contributed by atoms with van der Waals surface area (Å²) < 4.78 is 7.75. The van der Waals surface area contributed by atoms with Gasteiger partial charge in [-0.1, -0.05) is 6.07 Å². The van der Waals surface area contributed by atoms with Gasteiger partial charge in [0.15, 0.2) is 0 Å². The minimum Gasteiger partial charge on any atom is -0.372 e. The Bertz CT molecular complexity index is 699. The molecular weight excluding hydrogens is 290 g/mol. The van der Waals surface area contributed by atoms with Gasteiger partial charge >= 0.3 is 0 Å². The molecule has 23 heavy (non-hydrogen) atoms. The van der Waals surface area contributed by atoms with Crippen LogP contribution in [-0.2, 0) is 4.74 Å². The van der Waals surface area contributed by atoms with Crippen LogP contribution < -0.4 is 0 Å². The molecule has 0 aliphatic carbocycles. The molecule has 1 aliphatic heterocycles. The molecule has 1 amide bonds. The second-order valence-electron chi connectivity index (χ2n) is 6.28. The van der Waals surface area contributed by atoms with Gasteiger partial charge in [0.2, 0.25) is 0 Å². The molecule has 0 aromatic carbocycles. The summed E-state index contributed by atoms with van der Waals surface area (Å²) in [5, 5.41) is 0. The van der Waals surface area contributed by atoms with E-state index in [-0.39, 0.29) is 18.1 Å². The van der Waals surface area contributed by atoms with Crippen LogP contribution in [0.4, 0.5) is 0 Å². The number of ether oxygens (including phenoxy) is 1. The Hall–Kier alpha value is -2.14. The van der Waals surface area contributed by atoms with E-state index in [1.807, 2.05) is 61.4 Å². The number of hydrogen-bond acceptors (Lipinski definition) is 3. The number of morpholine rings is 1. The van der Waals surface area contributed by atoms with Crippen LogP contribution in [-0.4, -0.2) is 45.7 Å². The maximum atomic E-state index is 12.9. The first-order valence-corrected chi connectivity index (χ1v) is 8.02. The van der Waals surface area contributed by atoms with Crippen LogP contribution in [0.25, 0.3) is 5.82 Å². The minimum atomic E-state index is 0.0713. The highest BCUT2D eigenvalue weighted by Gasteiger charge is 2.28. The van der Waals surface area contributed by atoms with Crippen LogP contribution in [0.3, 0.4) is 0 Å². The largest absolute Gasteiger partial charge is 0.372 e. The van der Waals surface area contributed by atoms with Crippen LogP contribution in [0.2, 0.25) is 0 Å². The van der Waals surface area contributed by atoms with E-state index >= 15 is 0 Å². The zero-order valence-electron chi connectivity index (χ0n) is 14.1. The van der Waals surface area contributed by atoms with Gasteiger partial charge in [0.1, 0.15) is 5.82 Å². The summed E-state index contributed by atoms with van der Waals surface area (Å²) in [6.07, 6.45) is 1.91. The van der Waals surface area contributed by atoms with Crippen molar-refractivity contribution in [3.63, 3.8) is 0 Å². The Kier molecular flexibility index (Phi) is 4.22. The van der Waals surface area contributed by atoms with Crippen molar-refractivity contribution in [3.8, 4) is 5.82 Å². The van der Waals surface area contributed by atoms with Gasteiger partial charge in [0.25, 0.3) is 5.91 Å². The van der Waals surface area contributed by atoms with E-state index < -0.39 is 0 Å². The number of carbonyl (C=O) groups excluding carboxylic acids is 1. The zero-order valence-corrected chi connectivity index (χ0v) is 14.1. The van der Waals surface area contributed by atoms with Gasteiger partial charge in [-0.25, -0.2) is 4.98 Å². The predicted molar refractivity (Wildman–Crippen MR) is 89.0 cm³/mol. The van der Waals surface area contributed by atoms with Gasteiger partial charge in [-0.3, -0.25) is 4.79 Å². The molecule has 2 atom stereocenters. The average Bonchev–Trinajstić information content (AvgIpc) is 2.81. The summed E-state index contributed by atoms with van der Waals surface area (Å²) >= 11 is 0. The summed E-state index contributed by atoms with van der Waals surface area (Å²) in [6, 6.07) is 7.75. The van der Waals surface area contributed by atoms with E-state index in [1.165, 1.54) is 0 Å². The van der Waals surface area contributed by atoms with E-state index in [2.05, 4.69) is 4.98 Å². The van der Waals surface area contributed by atoms with Crippen molar-refractivity contribution in [3.05, 3.63) is 47.4 Å². The molecule has 122 valence electrons. The molecule has 1 saturated heterocycles. The molecule has 5 nitrogen and oxygen atoms in total. The highest BCUT2D eigenvalue weighted by atomic mass is 16.5. The second kappa shape index (κ2) is 6.16. The number of nitrogens with zero attached hydrogens (tertiary/aromatic N) is 3. The van der Waals surface area contributed by atoms with Crippen molar-refractivity contribution in [2.75, 3.05) is 13.1 Å². The number of amides is 1. The lowest BCUT2D eigenvalue weighted by molar-refractivity contribution is -0.0586. The highest BCUT2D eigenvalue weighted by Crippen LogP contribution is 2.22. The van der Waals surface area contributed by atoms with Crippen molar-refractivity contribution in [2.24, 2.45) is 0 Å². The molecule has 3 rings (SSSR count). The quantitative estimate of drug-likeness (QED) is 0.856. The third-order valence-electron chi connectivity index (χ3n) is 4.25.